The van der Waals surface area contributed by atoms with Gasteiger partial charge in [-0.15, -0.1) is 0 Å². The number of carbonyl (C=O) groups is 2. The van der Waals surface area contributed by atoms with E-state index in [0.717, 1.165) is 16.6 Å². The van der Waals surface area contributed by atoms with E-state index in [1.165, 1.54) is 23.1 Å². The number of amides is 2. The number of benzene rings is 2. The Kier molecular flexibility index (Phi) is 10.2. The van der Waals surface area contributed by atoms with Crippen molar-refractivity contribution in [3.05, 3.63) is 69.2 Å². The summed E-state index contributed by atoms with van der Waals surface area (Å²) in [5, 5.41) is 14.6. The molecule has 0 saturated carbocycles. The van der Waals surface area contributed by atoms with E-state index >= 15 is 0 Å². The predicted molar refractivity (Wildman–Crippen MR) is 139 cm³/mol. The van der Waals surface area contributed by atoms with Gasteiger partial charge in [0.15, 0.2) is 0 Å². The smallest absolute Gasteiger partial charge is 0.271 e. The fraction of sp³-hybridized carbons (Fsp3) is 0.417. The molecule has 12 heteroatoms. The van der Waals surface area contributed by atoms with Crippen LogP contribution in [0.1, 0.15) is 39.2 Å². The maximum absolute atomic E-state index is 13.6. The van der Waals surface area contributed by atoms with Crippen LogP contribution in [0.25, 0.3) is 0 Å². The monoisotopic (exact) mass is 538 g/mol. The van der Waals surface area contributed by atoms with Crippen LogP contribution in [0.2, 0.25) is 5.02 Å². The van der Waals surface area contributed by atoms with E-state index in [2.05, 4.69) is 5.32 Å². The lowest BCUT2D eigenvalue weighted by molar-refractivity contribution is -0.384. The Hall–Kier alpha value is -3.18. The highest BCUT2D eigenvalue weighted by Crippen LogP contribution is 2.24. The van der Waals surface area contributed by atoms with Crippen molar-refractivity contribution in [1.29, 1.82) is 0 Å². The third-order valence-corrected chi connectivity index (χ3v) is 7.05. The molecule has 0 saturated heterocycles. The number of anilines is 1. The largest absolute Gasteiger partial charge is 0.352 e. The summed E-state index contributed by atoms with van der Waals surface area (Å²) in [7, 11) is -4.00. The third-order valence-electron chi connectivity index (χ3n) is 5.66. The topological polar surface area (TPSA) is 130 Å². The second-order valence-corrected chi connectivity index (χ2v) is 10.8. The van der Waals surface area contributed by atoms with Crippen LogP contribution in [0.5, 0.6) is 0 Å². The average Bonchev–Trinajstić information content (AvgIpc) is 2.82. The van der Waals surface area contributed by atoms with E-state index in [4.69, 9.17) is 11.6 Å². The lowest BCUT2D eigenvalue weighted by atomic mass is 10.1. The van der Waals surface area contributed by atoms with E-state index in [1.807, 2.05) is 13.8 Å². The fourth-order valence-electron chi connectivity index (χ4n) is 3.52. The minimum atomic E-state index is -4.00. The van der Waals surface area contributed by atoms with Gasteiger partial charge in [-0.25, -0.2) is 8.42 Å². The first-order valence-corrected chi connectivity index (χ1v) is 13.7. The fourth-order valence-corrected chi connectivity index (χ4v) is 4.49. The standard InChI is InChI=1S/C24H31ClN4O6S/c1-5-17(3)26-24(31)22(6-2)27(15-18-10-12-19(25)13-11-18)23(30)16-28(36(4,34)35)20-8-7-9-21(14-20)29(32)33/h7-14,17,22H,5-6,15-16H2,1-4H3,(H,26,31)/t17-,22-/m1/s1. The second-order valence-electron chi connectivity index (χ2n) is 8.44. The number of hydrogen-bond acceptors (Lipinski definition) is 6. The number of nitro benzene ring substituents is 1. The van der Waals surface area contributed by atoms with E-state index in [-0.39, 0.29) is 36.3 Å². The molecule has 2 aromatic rings. The number of halogens is 1. The second kappa shape index (κ2) is 12.7. The SMILES string of the molecule is CC[C@@H](C)NC(=O)[C@@H](CC)N(Cc1ccc(Cl)cc1)C(=O)CN(c1cccc([N+](=O)[O-])c1)S(C)(=O)=O. The number of nitrogens with one attached hydrogen (secondary N) is 1. The van der Waals surface area contributed by atoms with Crippen molar-refractivity contribution in [2.45, 2.75) is 52.2 Å². The van der Waals surface area contributed by atoms with Crippen LogP contribution in [0.3, 0.4) is 0 Å². The molecule has 0 bridgehead atoms. The number of non-ortho nitro benzene ring substituents is 1. The van der Waals surface area contributed by atoms with Crippen LogP contribution < -0.4 is 9.62 Å². The summed E-state index contributed by atoms with van der Waals surface area (Å²) in [6.45, 7) is 4.93. The zero-order chi connectivity index (χ0) is 27.0. The Morgan fingerprint density at radius 3 is 2.28 bits per heavy atom. The normalized spacial score (nSPS) is 12.9. The summed E-state index contributed by atoms with van der Waals surface area (Å²) >= 11 is 5.98. The number of carbonyl (C=O) groups excluding carboxylic acids is 2. The van der Waals surface area contributed by atoms with E-state index in [0.29, 0.717) is 17.0 Å². The molecule has 10 nitrogen and oxygen atoms in total. The molecule has 0 heterocycles. The van der Waals surface area contributed by atoms with E-state index < -0.39 is 33.4 Å². The van der Waals surface area contributed by atoms with Gasteiger partial charge in [0.2, 0.25) is 21.8 Å². The predicted octanol–water partition coefficient (Wildman–Crippen LogP) is 3.74. The molecule has 2 amide bonds. The molecular formula is C24H31ClN4O6S. The minimum Gasteiger partial charge on any atom is -0.352 e. The molecule has 1 N–H and O–H groups in total. The molecule has 0 aliphatic carbocycles. The number of rotatable bonds is 12. The summed E-state index contributed by atoms with van der Waals surface area (Å²) in [6.07, 6.45) is 1.90. The van der Waals surface area contributed by atoms with Crippen molar-refractivity contribution < 1.29 is 22.9 Å². The molecule has 0 aliphatic rings. The molecule has 196 valence electrons. The van der Waals surface area contributed by atoms with Crippen LogP contribution in [-0.4, -0.2) is 54.9 Å². The Balaban J connectivity index is 2.47. The molecule has 0 unspecified atom stereocenters. The zero-order valence-electron chi connectivity index (χ0n) is 20.7. The Morgan fingerprint density at radius 2 is 1.75 bits per heavy atom. The number of nitrogens with zero attached hydrogens (tertiary/aromatic N) is 3. The van der Waals surface area contributed by atoms with Gasteiger partial charge in [-0.05, 0) is 43.5 Å². The summed E-state index contributed by atoms with van der Waals surface area (Å²) in [5.74, 6) is -0.983. The van der Waals surface area contributed by atoms with Gasteiger partial charge in [0.1, 0.15) is 12.6 Å². The van der Waals surface area contributed by atoms with Gasteiger partial charge in [-0.1, -0.05) is 43.6 Å². The first kappa shape index (κ1) is 29.1. The number of hydrogen-bond donors (Lipinski definition) is 1. The molecule has 0 fully saturated rings. The molecule has 2 atom stereocenters. The molecule has 0 radical (unpaired) electrons. The summed E-state index contributed by atoms with van der Waals surface area (Å²) in [5.41, 5.74) is 0.360. The summed E-state index contributed by atoms with van der Waals surface area (Å²) < 4.78 is 26.0. The first-order chi connectivity index (χ1) is 16.9. The molecule has 36 heavy (non-hydrogen) atoms. The van der Waals surface area contributed by atoms with Crippen molar-refractivity contribution in [1.82, 2.24) is 10.2 Å². The summed E-state index contributed by atoms with van der Waals surface area (Å²) in [4.78, 5) is 38.6. The summed E-state index contributed by atoms with van der Waals surface area (Å²) in [6, 6.07) is 10.8. The van der Waals surface area contributed by atoms with Gasteiger partial charge < -0.3 is 10.2 Å². The quantitative estimate of drug-likeness (QED) is 0.323. The van der Waals surface area contributed by atoms with Crippen molar-refractivity contribution in [2.24, 2.45) is 0 Å². The van der Waals surface area contributed by atoms with Crippen LogP contribution in [0, 0.1) is 10.1 Å². The van der Waals surface area contributed by atoms with Crippen molar-refractivity contribution >= 4 is 44.8 Å². The number of sulfonamides is 1. The molecule has 2 aromatic carbocycles. The van der Waals surface area contributed by atoms with Gasteiger partial charge in [0.25, 0.3) is 5.69 Å². The Labute approximate surface area is 216 Å². The lowest BCUT2D eigenvalue weighted by Crippen LogP contribution is -2.53. The maximum Gasteiger partial charge on any atom is 0.271 e. The van der Waals surface area contributed by atoms with Crippen molar-refractivity contribution in [3.63, 3.8) is 0 Å². The molecule has 0 aliphatic heterocycles. The third kappa shape index (κ3) is 7.92. The Morgan fingerprint density at radius 1 is 1.11 bits per heavy atom. The van der Waals surface area contributed by atoms with Crippen LogP contribution in [-0.2, 0) is 26.2 Å². The highest BCUT2D eigenvalue weighted by Gasteiger charge is 2.32. The highest BCUT2D eigenvalue weighted by molar-refractivity contribution is 7.92. The van der Waals surface area contributed by atoms with E-state index in [9.17, 15) is 28.1 Å². The highest BCUT2D eigenvalue weighted by atomic mass is 35.5. The molecule has 0 spiro atoms. The Bertz CT molecular complexity index is 1190. The van der Waals surface area contributed by atoms with Gasteiger partial charge in [0, 0.05) is 29.7 Å². The van der Waals surface area contributed by atoms with Gasteiger partial charge >= 0.3 is 0 Å². The van der Waals surface area contributed by atoms with Crippen LogP contribution in [0.4, 0.5) is 11.4 Å². The zero-order valence-corrected chi connectivity index (χ0v) is 22.3. The van der Waals surface area contributed by atoms with Gasteiger partial charge in [-0.2, -0.15) is 0 Å². The molecule has 2 rings (SSSR count). The van der Waals surface area contributed by atoms with Gasteiger partial charge in [-0.3, -0.25) is 24.0 Å². The maximum atomic E-state index is 13.6. The average molecular weight is 539 g/mol. The lowest BCUT2D eigenvalue weighted by Gasteiger charge is -2.33. The van der Waals surface area contributed by atoms with Crippen LogP contribution in [0.15, 0.2) is 48.5 Å². The van der Waals surface area contributed by atoms with Crippen molar-refractivity contribution in [3.8, 4) is 0 Å². The van der Waals surface area contributed by atoms with Gasteiger partial charge in [0.05, 0.1) is 16.9 Å². The van der Waals surface area contributed by atoms with Crippen LogP contribution >= 0.6 is 11.6 Å². The van der Waals surface area contributed by atoms with E-state index in [1.54, 1.807) is 31.2 Å². The molecular weight excluding hydrogens is 508 g/mol. The first-order valence-electron chi connectivity index (χ1n) is 11.4. The molecule has 0 aromatic heterocycles. The van der Waals surface area contributed by atoms with Crippen molar-refractivity contribution in [2.75, 3.05) is 17.1 Å². The minimum absolute atomic E-state index is 0.0244. The number of nitro groups is 1.